The van der Waals surface area contributed by atoms with E-state index in [1.807, 2.05) is 0 Å². The maximum absolute atomic E-state index is 10.7. The summed E-state index contributed by atoms with van der Waals surface area (Å²) in [5.74, 6) is -0.582. The summed E-state index contributed by atoms with van der Waals surface area (Å²) in [6.45, 7) is 0. The van der Waals surface area contributed by atoms with Gasteiger partial charge in [-0.3, -0.25) is 4.99 Å². The summed E-state index contributed by atoms with van der Waals surface area (Å²) in [7, 11) is 0. The molecule has 1 aliphatic rings. The van der Waals surface area contributed by atoms with Crippen LogP contribution in [0.2, 0.25) is 0 Å². The Morgan fingerprint density at radius 1 is 1.47 bits per heavy atom. The summed E-state index contributed by atoms with van der Waals surface area (Å²) in [5.41, 5.74) is 0.771. The van der Waals surface area contributed by atoms with Gasteiger partial charge in [-0.15, -0.1) is 23.1 Å². The predicted molar refractivity (Wildman–Crippen MR) is 69.1 cm³/mol. The molecule has 92 valence electrons. The molecule has 0 unspecified atom stereocenters. The number of carbonyl (C=O) groups is 1. The first kappa shape index (κ1) is 15.4. The minimum Gasteiger partial charge on any atom is -0.548 e. The Morgan fingerprint density at radius 3 is 2.95 bits per heavy atom. The van der Waals surface area contributed by atoms with Crippen molar-refractivity contribution in [2.45, 2.75) is 6.04 Å². The van der Waals surface area contributed by atoms with Gasteiger partial charge < -0.3 is 15.0 Å². The number of aromatic hydroxyl groups is 1. The average molecular weight is 318 g/mol. The SMILES string of the molecule is O=C([O-])[C@@H]1CSC(c2nc3ccc(O)cc3s2)=N1.[K+]. The quantitative estimate of drug-likeness (QED) is 0.625. The van der Waals surface area contributed by atoms with Gasteiger partial charge in [-0.2, -0.15) is 0 Å². The first-order valence-corrected chi connectivity index (χ1v) is 6.95. The largest absolute Gasteiger partial charge is 1.00 e. The fourth-order valence-electron chi connectivity index (χ4n) is 1.62. The van der Waals surface area contributed by atoms with Gasteiger partial charge in [-0.1, -0.05) is 0 Å². The summed E-state index contributed by atoms with van der Waals surface area (Å²) in [5, 5.41) is 21.4. The molecule has 0 spiro atoms. The normalized spacial score (nSPS) is 18.1. The van der Waals surface area contributed by atoms with Crippen LogP contribution in [0.4, 0.5) is 0 Å². The van der Waals surface area contributed by atoms with Crippen molar-refractivity contribution in [3.63, 3.8) is 0 Å². The van der Waals surface area contributed by atoms with E-state index in [2.05, 4.69) is 9.98 Å². The summed E-state index contributed by atoms with van der Waals surface area (Å²) in [4.78, 5) is 19.2. The topological polar surface area (TPSA) is 85.6 Å². The van der Waals surface area contributed by atoms with Crippen LogP contribution in [0.15, 0.2) is 23.2 Å². The first-order chi connectivity index (χ1) is 8.63. The minimum absolute atomic E-state index is 0. The molecule has 1 atom stereocenters. The number of thioether (sulfide) groups is 1. The van der Waals surface area contributed by atoms with E-state index in [0.29, 0.717) is 15.8 Å². The molecule has 3 rings (SSSR count). The fourth-order valence-corrected chi connectivity index (χ4v) is 3.71. The van der Waals surface area contributed by atoms with E-state index < -0.39 is 12.0 Å². The third-order valence-corrected chi connectivity index (χ3v) is 4.69. The molecule has 1 aliphatic heterocycles. The van der Waals surface area contributed by atoms with Crippen LogP contribution in [-0.2, 0) is 4.79 Å². The number of carboxylic acids is 1. The number of thiazole rings is 1. The minimum atomic E-state index is -1.16. The summed E-state index contributed by atoms with van der Waals surface area (Å²) in [6, 6.07) is 4.14. The van der Waals surface area contributed by atoms with Gasteiger partial charge in [0, 0.05) is 5.75 Å². The standard InChI is InChI=1S/C11H8N2O3S2.K/c14-5-1-2-6-8(3-5)18-10(12-6)9-13-7(4-17-9)11(15)16;/h1-3,7,14H,4H2,(H,15,16);/q;+1/p-1/t7-;/m0./s1. The molecule has 0 aliphatic carbocycles. The predicted octanol–water partition coefficient (Wildman–Crippen LogP) is -2.38. The summed E-state index contributed by atoms with van der Waals surface area (Å²) < 4.78 is 0.852. The van der Waals surface area contributed by atoms with Crippen molar-refractivity contribution < 1.29 is 66.4 Å². The van der Waals surface area contributed by atoms with Gasteiger partial charge in [0.1, 0.15) is 21.8 Å². The molecule has 0 fully saturated rings. The number of aliphatic imine (C=N–C) groups is 1. The number of aromatic nitrogens is 1. The molecule has 5 nitrogen and oxygen atoms in total. The number of hydrogen-bond acceptors (Lipinski definition) is 7. The molecule has 2 heterocycles. The molecule has 1 aromatic carbocycles. The van der Waals surface area contributed by atoms with Crippen molar-refractivity contribution in [1.29, 1.82) is 0 Å². The van der Waals surface area contributed by atoms with Gasteiger partial charge in [0.05, 0.1) is 16.2 Å². The summed E-state index contributed by atoms with van der Waals surface area (Å²) >= 11 is 2.75. The molecule has 19 heavy (non-hydrogen) atoms. The molecule has 0 amide bonds. The zero-order valence-corrected chi connectivity index (χ0v) is 14.7. The van der Waals surface area contributed by atoms with Crippen molar-refractivity contribution in [3.05, 3.63) is 23.2 Å². The molecular weight excluding hydrogens is 311 g/mol. The van der Waals surface area contributed by atoms with Gasteiger partial charge in [-0.05, 0) is 18.2 Å². The van der Waals surface area contributed by atoms with Crippen molar-refractivity contribution in [2.24, 2.45) is 4.99 Å². The Hall–Kier alpha value is 0.0364. The molecule has 8 heteroatoms. The van der Waals surface area contributed by atoms with Gasteiger partial charge in [0.2, 0.25) is 0 Å². The number of hydrogen-bond donors (Lipinski definition) is 1. The molecular formula is C11H7KN2O3S2. The molecule has 0 bridgehead atoms. The van der Waals surface area contributed by atoms with Crippen molar-refractivity contribution >= 4 is 44.3 Å². The average Bonchev–Trinajstić information content (AvgIpc) is 2.93. The Balaban J connectivity index is 0.00000133. The Labute approximate surface area is 159 Å². The second-order valence-electron chi connectivity index (χ2n) is 3.75. The molecule has 1 N–H and O–H groups in total. The number of phenols is 1. The smallest absolute Gasteiger partial charge is 0.548 e. The maximum atomic E-state index is 10.7. The number of nitrogens with zero attached hydrogens (tertiary/aromatic N) is 2. The van der Waals surface area contributed by atoms with E-state index in [1.165, 1.54) is 23.1 Å². The first-order valence-electron chi connectivity index (χ1n) is 5.15. The number of phenolic OH excluding ortho intramolecular Hbond substituents is 1. The second-order valence-corrected chi connectivity index (χ2v) is 5.79. The number of rotatable bonds is 2. The van der Waals surface area contributed by atoms with Crippen molar-refractivity contribution in [1.82, 2.24) is 4.98 Å². The third-order valence-electron chi connectivity index (χ3n) is 2.48. The van der Waals surface area contributed by atoms with Crippen LogP contribution in [0, 0.1) is 0 Å². The number of fused-ring (bicyclic) bond motifs is 1. The maximum Gasteiger partial charge on any atom is 1.00 e. The second kappa shape index (κ2) is 6.21. The van der Waals surface area contributed by atoms with Crippen LogP contribution in [-0.4, -0.2) is 32.9 Å². The number of benzene rings is 1. The van der Waals surface area contributed by atoms with E-state index in [-0.39, 0.29) is 57.1 Å². The van der Waals surface area contributed by atoms with Gasteiger partial charge in [-0.25, -0.2) is 4.98 Å². The Kier molecular flexibility index (Phi) is 5.04. The zero-order chi connectivity index (χ0) is 12.7. The van der Waals surface area contributed by atoms with E-state index in [9.17, 15) is 15.0 Å². The van der Waals surface area contributed by atoms with Crippen LogP contribution in [0.5, 0.6) is 5.75 Å². The van der Waals surface area contributed by atoms with E-state index >= 15 is 0 Å². The number of carbonyl (C=O) groups excluding carboxylic acids is 1. The molecule has 0 saturated carbocycles. The Morgan fingerprint density at radius 2 is 2.26 bits per heavy atom. The number of aliphatic carboxylic acids is 1. The molecule has 2 aromatic rings. The van der Waals surface area contributed by atoms with Crippen molar-refractivity contribution in [2.75, 3.05) is 5.75 Å². The van der Waals surface area contributed by atoms with E-state index in [1.54, 1.807) is 18.2 Å². The third kappa shape index (κ3) is 3.21. The van der Waals surface area contributed by atoms with Crippen molar-refractivity contribution in [3.8, 4) is 5.75 Å². The molecule has 0 saturated heterocycles. The monoisotopic (exact) mass is 318 g/mol. The van der Waals surface area contributed by atoms with Crippen LogP contribution >= 0.6 is 23.1 Å². The van der Waals surface area contributed by atoms with E-state index in [0.717, 1.165) is 10.2 Å². The fraction of sp³-hybridized carbons (Fsp3) is 0.182. The number of carboxylic acid groups (broad SMARTS) is 1. The molecule has 0 radical (unpaired) electrons. The van der Waals surface area contributed by atoms with Gasteiger partial charge >= 0.3 is 51.4 Å². The van der Waals surface area contributed by atoms with Crippen LogP contribution in [0.3, 0.4) is 0 Å². The van der Waals surface area contributed by atoms with E-state index in [4.69, 9.17) is 0 Å². The van der Waals surface area contributed by atoms with Crippen LogP contribution < -0.4 is 56.5 Å². The zero-order valence-electron chi connectivity index (χ0n) is 9.99. The van der Waals surface area contributed by atoms with Crippen LogP contribution in [0.1, 0.15) is 5.01 Å². The van der Waals surface area contributed by atoms with Gasteiger partial charge in [0.15, 0.2) is 0 Å². The van der Waals surface area contributed by atoms with Gasteiger partial charge in [0.25, 0.3) is 0 Å². The van der Waals surface area contributed by atoms with Crippen LogP contribution in [0.25, 0.3) is 10.2 Å². The summed E-state index contributed by atoms with van der Waals surface area (Å²) in [6.07, 6.45) is 0. The Bertz CT molecular complexity index is 671. The molecule has 1 aromatic heterocycles.